The van der Waals surface area contributed by atoms with Gasteiger partial charge in [-0.15, -0.1) is 0 Å². The fraction of sp³-hybridized carbons (Fsp3) is 0.542. The number of carbonyl (C=O) groups excluding carboxylic acids is 1. The third-order valence-electron chi connectivity index (χ3n) is 6.54. The maximum Gasteiger partial charge on any atom is 0.335 e. The van der Waals surface area contributed by atoms with E-state index >= 15 is 0 Å². The number of thiazole rings is 1. The number of carboxylic acid groups (broad SMARTS) is 1. The largest absolute Gasteiger partial charge is 0.478 e. The lowest BCUT2D eigenvalue weighted by atomic mass is 9.89. The number of carboxylic acids is 1. The lowest BCUT2D eigenvalue weighted by Crippen LogP contribution is -2.50. The first-order valence-electron chi connectivity index (χ1n) is 11.7. The minimum atomic E-state index is -0.935. The highest BCUT2D eigenvalue weighted by Gasteiger charge is 2.32. The van der Waals surface area contributed by atoms with Gasteiger partial charge in [-0.25, -0.2) is 14.6 Å². The van der Waals surface area contributed by atoms with Crippen molar-refractivity contribution in [1.82, 2.24) is 9.88 Å². The molecule has 0 bridgehead atoms. The molecule has 0 unspecified atom stereocenters. The predicted molar refractivity (Wildman–Crippen MR) is 127 cm³/mol. The van der Waals surface area contributed by atoms with Gasteiger partial charge in [0.25, 0.3) is 0 Å². The Hall–Kier alpha value is -2.61. The summed E-state index contributed by atoms with van der Waals surface area (Å²) in [6.45, 7) is 0.564. The Labute approximate surface area is 193 Å². The predicted octanol–water partition coefficient (Wildman–Crippen LogP) is 5.95. The van der Waals surface area contributed by atoms with E-state index < -0.39 is 5.97 Å². The Morgan fingerprint density at radius 2 is 1.56 bits per heavy atom. The van der Waals surface area contributed by atoms with E-state index in [2.05, 4.69) is 20.5 Å². The molecule has 0 saturated heterocycles. The maximum absolute atomic E-state index is 13.3. The lowest BCUT2D eigenvalue weighted by molar-refractivity contribution is 0.0697. The summed E-state index contributed by atoms with van der Waals surface area (Å²) in [5.41, 5.74) is 1.11. The Morgan fingerprint density at radius 1 is 0.969 bits per heavy atom. The number of aromatic carboxylic acids is 1. The molecule has 2 aromatic rings. The van der Waals surface area contributed by atoms with Gasteiger partial charge in [0.05, 0.1) is 12.1 Å². The summed E-state index contributed by atoms with van der Waals surface area (Å²) in [4.78, 5) is 31.9. The van der Waals surface area contributed by atoms with Gasteiger partial charge in [-0.3, -0.25) is 5.32 Å². The third kappa shape index (κ3) is 5.79. The molecule has 2 aliphatic rings. The number of nitrogens with zero attached hydrogens (tertiary/aromatic N) is 2. The molecule has 1 aromatic heterocycles. The maximum atomic E-state index is 13.3. The second-order valence-electron chi connectivity index (χ2n) is 8.79. The summed E-state index contributed by atoms with van der Waals surface area (Å²) in [6.07, 6.45) is 13.6. The SMILES string of the molecule is O=C(O)c1ccc(NCc2cnc(NC(=O)N(C3CCCCC3)C3CCCCC3)s2)cc1. The zero-order chi connectivity index (χ0) is 22.3. The normalized spacial score (nSPS) is 17.6. The van der Waals surface area contributed by atoms with Gasteiger partial charge >= 0.3 is 12.0 Å². The Kier molecular flexibility index (Phi) is 7.63. The van der Waals surface area contributed by atoms with Crippen molar-refractivity contribution in [2.45, 2.75) is 82.8 Å². The minimum absolute atomic E-state index is 0.00178. The van der Waals surface area contributed by atoms with Crippen LogP contribution < -0.4 is 10.6 Å². The summed E-state index contributed by atoms with van der Waals surface area (Å²) in [6, 6.07) is 7.35. The lowest BCUT2D eigenvalue weighted by Gasteiger charge is -2.41. The Balaban J connectivity index is 1.36. The van der Waals surface area contributed by atoms with Crippen molar-refractivity contribution >= 4 is 34.2 Å². The topological polar surface area (TPSA) is 94.6 Å². The standard InChI is InChI=1S/C24H32N4O3S/c29-22(30)17-11-13-18(14-12-17)25-15-21-16-26-23(32-21)27-24(31)28(19-7-3-1-4-8-19)20-9-5-2-6-10-20/h11-14,16,19-20,25H,1-10,15H2,(H,29,30)(H,26,27,31). The van der Waals surface area contributed by atoms with E-state index in [4.69, 9.17) is 5.11 Å². The van der Waals surface area contributed by atoms with Gasteiger partial charge in [0.2, 0.25) is 0 Å². The molecule has 172 valence electrons. The van der Waals surface area contributed by atoms with E-state index in [0.29, 0.717) is 23.8 Å². The van der Waals surface area contributed by atoms with Crippen LogP contribution in [0.3, 0.4) is 0 Å². The van der Waals surface area contributed by atoms with E-state index in [0.717, 1.165) is 36.2 Å². The van der Waals surface area contributed by atoms with Gasteiger partial charge < -0.3 is 15.3 Å². The average molecular weight is 457 g/mol. The van der Waals surface area contributed by atoms with Gasteiger partial charge in [0.15, 0.2) is 5.13 Å². The number of amides is 2. The highest BCUT2D eigenvalue weighted by molar-refractivity contribution is 7.15. The van der Waals surface area contributed by atoms with Crippen LogP contribution in [0.25, 0.3) is 0 Å². The summed E-state index contributed by atoms with van der Waals surface area (Å²) in [5.74, 6) is -0.935. The van der Waals surface area contributed by atoms with Gasteiger partial charge in [-0.2, -0.15) is 0 Å². The monoisotopic (exact) mass is 456 g/mol. The molecule has 1 heterocycles. The van der Waals surface area contributed by atoms with Crippen LogP contribution in [0.15, 0.2) is 30.5 Å². The fourth-order valence-corrected chi connectivity index (χ4v) is 5.61. The molecule has 32 heavy (non-hydrogen) atoms. The van der Waals surface area contributed by atoms with E-state index in [1.54, 1.807) is 30.5 Å². The number of rotatable bonds is 7. The minimum Gasteiger partial charge on any atom is -0.478 e. The summed E-state index contributed by atoms with van der Waals surface area (Å²) in [7, 11) is 0. The van der Waals surface area contributed by atoms with Gasteiger partial charge in [0, 0.05) is 28.8 Å². The second-order valence-corrected chi connectivity index (χ2v) is 9.90. The van der Waals surface area contributed by atoms with Crippen LogP contribution in [0.2, 0.25) is 0 Å². The average Bonchev–Trinajstić information content (AvgIpc) is 3.27. The van der Waals surface area contributed by atoms with Crippen molar-refractivity contribution in [1.29, 1.82) is 0 Å². The molecule has 7 nitrogen and oxygen atoms in total. The molecule has 0 radical (unpaired) electrons. The number of hydrogen-bond donors (Lipinski definition) is 3. The molecular formula is C24H32N4O3S. The zero-order valence-electron chi connectivity index (χ0n) is 18.4. The molecule has 2 amide bonds. The van der Waals surface area contributed by atoms with Crippen molar-refractivity contribution in [3.05, 3.63) is 40.9 Å². The molecule has 8 heteroatoms. The molecule has 0 atom stereocenters. The zero-order valence-corrected chi connectivity index (χ0v) is 19.2. The molecular weight excluding hydrogens is 424 g/mol. The molecule has 2 fully saturated rings. The van der Waals surface area contributed by atoms with E-state index in [-0.39, 0.29) is 11.6 Å². The molecule has 2 aliphatic carbocycles. The van der Waals surface area contributed by atoms with Crippen LogP contribution >= 0.6 is 11.3 Å². The Bertz CT molecular complexity index is 884. The number of urea groups is 1. The first-order valence-corrected chi connectivity index (χ1v) is 12.5. The van der Waals surface area contributed by atoms with Crippen molar-refractivity contribution in [2.75, 3.05) is 10.6 Å². The summed E-state index contributed by atoms with van der Waals surface area (Å²) >= 11 is 1.47. The van der Waals surface area contributed by atoms with Gasteiger partial charge in [-0.05, 0) is 49.9 Å². The molecule has 3 N–H and O–H groups in total. The van der Waals surface area contributed by atoms with Crippen LogP contribution in [0.1, 0.15) is 79.4 Å². The van der Waals surface area contributed by atoms with Crippen molar-refractivity contribution in [3.8, 4) is 0 Å². The fourth-order valence-electron chi connectivity index (χ4n) is 4.87. The smallest absolute Gasteiger partial charge is 0.335 e. The first-order chi connectivity index (χ1) is 15.6. The quantitative estimate of drug-likeness (QED) is 0.478. The number of aromatic nitrogens is 1. The molecule has 2 saturated carbocycles. The van der Waals surface area contributed by atoms with Crippen molar-refractivity contribution in [3.63, 3.8) is 0 Å². The van der Waals surface area contributed by atoms with Crippen LogP contribution in [0, 0.1) is 0 Å². The van der Waals surface area contributed by atoms with E-state index in [9.17, 15) is 9.59 Å². The van der Waals surface area contributed by atoms with Gasteiger partial charge in [-0.1, -0.05) is 49.9 Å². The van der Waals surface area contributed by atoms with Crippen molar-refractivity contribution < 1.29 is 14.7 Å². The summed E-state index contributed by atoms with van der Waals surface area (Å²) < 4.78 is 0. The van der Waals surface area contributed by atoms with E-state index in [1.807, 2.05) is 0 Å². The number of nitrogens with one attached hydrogen (secondary N) is 2. The highest BCUT2D eigenvalue weighted by atomic mass is 32.1. The first kappa shape index (κ1) is 22.6. The molecule has 1 aromatic carbocycles. The van der Waals surface area contributed by atoms with Crippen LogP contribution in [-0.4, -0.2) is 39.1 Å². The highest BCUT2D eigenvalue weighted by Crippen LogP contribution is 2.31. The Morgan fingerprint density at radius 3 is 2.12 bits per heavy atom. The van der Waals surface area contributed by atoms with Crippen LogP contribution in [0.4, 0.5) is 15.6 Å². The molecule has 0 spiro atoms. The number of benzene rings is 1. The van der Waals surface area contributed by atoms with E-state index in [1.165, 1.54) is 49.9 Å². The molecule has 0 aliphatic heterocycles. The van der Waals surface area contributed by atoms with Gasteiger partial charge in [0.1, 0.15) is 0 Å². The van der Waals surface area contributed by atoms with Crippen LogP contribution in [-0.2, 0) is 6.54 Å². The molecule has 4 rings (SSSR count). The van der Waals surface area contributed by atoms with Crippen LogP contribution in [0.5, 0.6) is 0 Å². The number of carbonyl (C=O) groups is 2. The third-order valence-corrected chi connectivity index (χ3v) is 7.45. The number of hydrogen-bond acceptors (Lipinski definition) is 5. The second kappa shape index (κ2) is 10.8. The van der Waals surface area contributed by atoms with Crippen molar-refractivity contribution in [2.24, 2.45) is 0 Å². The summed E-state index contributed by atoms with van der Waals surface area (Å²) in [5, 5.41) is 16.0. The number of anilines is 2.